The molecule has 0 amide bonds. The molecule has 2 nitrogen and oxygen atoms in total. The van der Waals surface area contributed by atoms with Crippen LogP contribution in [0.1, 0.15) is 31.9 Å². The van der Waals surface area contributed by atoms with E-state index in [1.807, 2.05) is 7.05 Å². The van der Waals surface area contributed by atoms with Crippen molar-refractivity contribution in [1.82, 2.24) is 4.90 Å². The molecule has 17 heavy (non-hydrogen) atoms. The minimum atomic E-state index is -0.289. The molecule has 2 N–H and O–H groups in total. The van der Waals surface area contributed by atoms with Crippen molar-refractivity contribution in [3.8, 4) is 0 Å². The van der Waals surface area contributed by atoms with Crippen molar-refractivity contribution >= 4 is 11.6 Å². The molecule has 0 saturated carbocycles. The van der Waals surface area contributed by atoms with Crippen LogP contribution in [0.2, 0.25) is 5.02 Å². The maximum Gasteiger partial charge on any atom is 0.129 e. The predicted molar refractivity (Wildman–Crippen MR) is 70.7 cm³/mol. The monoisotopic (exact) mass is 258 g/mol. The van der Waals surface area contributed by atoms with E-state index in [1.54, 1.807) is 12.1 Å². The summed E-state index contributed by atoms with van der Waals surface area (Å²) in [6.45, 7) is 4.54. The predicted octanol–water partition coefficient (Wildman–Crippen LogP) is 3.21. The first-order valence-electron chi connectivity index (χ1n) is 5.88. The van der Waals surface area contributed by atoms with Crippen LogP contribution in [0, 0.1) is 5.82 Å². The lowest BCUT2D eigenvalue weighted by molar-refractivity contribution is 0.181. The Hall–Kier alpha value is -0.640. The van der Waals surface area contributed by atoms with E-state index < -0.39 is 0 Å². The number of halogens is 2. The van der Waals surface area contributed by atoms with Crippen LogP contribution in [-0.4, -0.2) is 24.5 Å². The van der Waals surface area contributed by atoms with Crippen LogP contribution in [0.25, 0.3) is 0 Å². The Labute approximate surface area is 108 Å². The van der Waals surface area contributed by atoms with Crippen molar-refractivity contribution in [2.45, 2.75) is 32.4 Å². The lowest BCUT2D eigenvalue weighted by Gasteiger charge is -2.32. The average Bonchev–Trinajstić information content (AvgIpc) is 2.32. The van der Waals surface area contributed by atoms with E-state index in [1.165, 1.54) is 6.07 Å². The molecule has 0 heterocycles. The molecule has 0 aliphatic heterocycles. The SMILES string of the molecule is CCC(C)N(C)C(CN)c1c(F)cccc1Cl. The molecule has 1 rings (SSSR count). The molecule has 4 heteroatoms. The fourth-order valence-corrected chi connectivity index (χ4v) is 2.20. The number of benzene rings is 1. The summed E-state index contributed by atoms with van der Waals surface area (Å²) < 4.78 is 13.8. The molecule has 2 atom stereocenters. The van der Waals surface area contributed by atoms with Crippen molar-refractivity contribution in [3.63, 3.8) is 0 Å². The van der Waals surface area contributed by atoms with Gasteiger partial charge in [-0.05, 0) is 32.5 Å². The molecule has 0 fully saturated rings. The number of hydrogen-bond acceptors (Lipinski definition) is 2. The first-order valence-corrected chi connectivity index (χ1v) is 6.26. The van der Waals surface area contributed by atoms with Gasteiger partial charge in [-0.1, -0.05) is 24.6 Å². The lowest BCUT2D eigenvalue weighted by atomic mass is 10.0. The van der Waals surface area contributed by atoms with E-state index in [0.29, 0.717) is 23.2 Å². The summed E-state index contributed by atoms with van der Waals surface area (Å²) in [7, 11) is 1.95. The van der Waals surface area contributed by atoms with E-state index in [0.717, 1.165) is 6.42 Å². The third-order valence-corrected chi connectivity index (χ3v) is 3.66. The minimum Gasteiger partial charge on any atom is -0.329 e. The Balaban J connectivity index is 3.09. The highest BCUT2D eigenvalue weighted by Gasteiger charge is 2.24. The van der Waals surface area contributed by atoms with Gasteiger partial charge in [-0.2, -0.15) is 0 Å². The van der Waals surface area contributed by atoms with Gasteiger partial charge in [0.2, 0.25) is 0 Å². The fourth-order valence-electron chi connectivity index (χ4n) is 1.91. The number of nitrogens with two attached hydrogens (primary N) is 1. The van der Waals surface area contributed by atoms with E-state index >= 15 is 0 Å². The Morgan fingerprint density at radius 2 is 2.12 bits per heavy atom. The van der Waals surface area contributed by atoms with Gasteiger partial charge in [0.1, 0.15) is 5.82 Å². The van der Waals surface area contributed by atoms with Gasteiger partial charge in [0.15, 0.2) is 0 Å². The minimum absolute atomic E-state index is 0.182. The van der Waals surface area contributed by atoms with Gasteiger partial charge in [-0.15, -0.1) is 0 Å². The Morgan fingerprint density at radius 1 is 1.47 bits per heavy atom. The molecule has 0 aliphatic carbocycles. The number of rotatable bonds is 5. The van der Waals surface area contributed by atoms with E-state index in [4.69, 9.17) is 17.3 Å². The first-order chi connectivity index (χ1) is 8.02. The standard InChI is InChI=1S/C13H20ClFN2/c1-4-9(2)17(3)12(8-16)13-10(14)6-5-7-11(13)15/h5-7,9,12H,4,8,16H2,1-3H3. The third kappa shape index (κ3) is 3.18. The van der Waals surface area contributed by atoms with Gasteiger partial charge >= 0.3 is 0 Å². The van der Waals surface area contributed by atoms with Crippen LogP contribution in [-0.2, 0) is 0 Å². The zero-order valence-electron chi connectivity index (χ0n) is 10.6. The van der Waals surface area contributed by atoms with Crippen LogP contribution in [0.3, 0.4) is 0 Å². The molecule has 2 unspecified atom stereocenters. The smallest absolute Gasteiger partial charge is 0.129 e. The summed E-state index contributed by atoms with van der Waals surface area (Å²) in [5.74, 6) is -0.289. The van der Waals surface area contributed by atoms with E-state index in [9.17, 15) is 4.39 Å². The normalized spacial score (nSPS) is 15.0. The largest absolute Gasteiger partial charge is 0.329 e. The quantitative estimate of drug-likeness (QED) is 0.879. The molecule has 0 radical (unpaired) electrons. The molecule has 0 saturated heterocycles. The lowest BCUT2D eigenvalue weighted by Crippen LogP contribution is -2.37. The molecule has 0 bridgehead atoms. The second-order valence-corrected chi connectivity index (χ2v) is 4.72. The summed E-state index contributed by atoms with van der Waals surface area (Å²) in [5.41, 5.74) is 6.27. The Morgan fingerprint density at radius 3 is 2.59 bits per heavy atom. The second kappa shape index (κ2) is 6.34. The summed E-state index contributed by atoms with van der Waals surface area (Å²) in [6.07, 6.45) is 0.985. The average molecular weight is 259 g/mol. The molecular formula is C13H20ClFN2. The molecule has 1 aromatic rings. The molecule has 0 aromatic heterocycles. The van der Waals surface area contributed by atoms with Gasteiger partial charge in [0, 0.05) is 23.2 Å². The Kier molecular flexibility index (Phi) is 5.37. The third-order valence-electron chi connectivity index (χ3n) is 3.33. The zero-order chi connectivity index (χ0) is 13.0. The van der Waals surface area contributed by atoms with Gasteiger partial charge in [0.05, 0.1) is 6.04 Å². The number of nitrogens with zero attached hydrogens (tertiary/aromatic N) is 1. The highest BCUT2D eigenvalue weighted by molar-refractivity contribution is 6.31. The summed E-state index contributed by atoms with van der Waals surface area (Å²) >= 11 is 6.07. The maximum absolute atomic E-state index is 13.8. The highest BCUT2D eigenvalue weighted by atomic mass is 35.5. The molecule has 1 aromatic carbocycles. The van der Waals surface area contributed by atoms with Crippen molar-refractivity contribution in [2.24, 2.45) is 5.73 Å². The zero-order valence-corrected chi connectivity index (χ0v) is 11.3. The topological polar surface area (TPSA) is 29.3 Å². The molecule has 96 valence electrons. The van der Waals surface area contributed by atoms with Crippen molar-refractivity contribution in [2.75, 3.05) is 13.6 Å². The van der Waals surface area contributed by atoms with Gasteiger partial charge in [-0.3, -0.25) is 4.90 Å². The van der Waals surface area contributed by atoms with E-state index in [-0.39, 0.29) is 11.9 Å². The molecule has 0 aliphatic rings. The number of likely N-dealkylation sites (N-methyl/N-ethyl adjacent to an activating group) is 1. The Bertz CT molecular complexity index is 350. The summed E-state index contributed by atoms with van der Waals surface area (Å²) in [6, 6.07) is 4.89. The first kappa shape index (κ1) is 14.4. The van der Waals surface area contributed by atoms with Crippen LogP contribution in [0.4, 0.5) is 4.39 Å². The van der Waals surface area contributed by atoms with Crippen LogP contribution < -0.4 is 5.73 Å². The highest BCUT2D eigenvalue weighted by Crippen LogP contribution is 2.30. The van der Waals surface area contributed by atoms with E-state index in [2.05, 4.69) is 18.7 Å². The fraction of sp³-hybridized carbons (Fsp3) is 0.538. The van der Waals surface area contributed by atoms with Gasteiger partial charge < -0.3 is 5.73 Å². The van der Waals surface area contributed by atoms with Crippen molar-refractivity contribution < 1.29 is 4.39 Å². The molecule has 0 spiro atoms. The van der Waals surface area contributed by atoms with Gasteiger partial charge in [-0.25, -0.2) is 4.39 Å². The number of hydrogen-bond donors (Lipinski definition) is 1. The van der Waals surface area contributed by atoms with Crippen molar-refractivity contribution in [3.05, 3.63) is 34.6 Å². The van der Waals surface area contributed by atoms with Crippen LogP contribution >= 0.6 is 11.6 Å². The van der Waals surface area contributed by atoms with Crippen LogP contribution in [0.5, 0.6) is 0 Å². The van der Waals surface area contributed by atoms with Crippen molar-refractivity contribution in [1.29, 1.82) is 0 Å². The van der Waals surface area contributed by atoms with Gasteiger partial charge in [0.25, 0.3) is 0 Å². The summed E-state index contributed by atoms with van der Waals surface area (Å²) in [5, 5.41) is 0.440. The molecular weight excluding hydrogens is 239 g/mol. The summed E-state index contributed by atoms with van der Waals surface area (Å²) in [4.78, 5) is 2.07. The van der Waals surface area contributed by atoms with Crippen LogP contribution in [0.15, 0.2) is 18.2 Å². The maximum atomic E-state index is 13.8. The second-order valence-electron chi connectivity index (χ2n) is 4.31.